The number of piperazine rings is 1. The summed E-state index contributed by atoms with van der Waals surface area (Å²) >= 11 is 0. The number of likely N-dealkylation sites (N-methyl/N-ethyl adjacent to an activating group) is 1. The highest BCUT2D eigenvalue weighted by molar-refractivity contribution is 6.10. The van der Waals surface area contributed by atoms with Crippen LogP contribution in [0.25, 0.3) is 5.70 Å². The lowest BCUT2D eigenvalue weighted by Crippen LogP contribution is -2.43. The van der Waals surface area contributed by atoms with Crippen molar-refractivity contribution in [3.63, 3.8) is 0 Å². The predicted octanol–water partition coefficient (Wildman–Crippen LogP) is 4.46. The molecule has 5 heteroatoms. The Morgan fingerprint density at radius 2 is 1.88 bits per heavy atom. The first-order valence-corrected chi connectivity index (χ1v) is 11.8. The summed E-state index contributed by atoms with van der Waals surface area (Å²) in [5.41, 5.74) is 8.63. The number of nitrogens with zero attached hydrogens (tertiary/aromatic N) is 3. The molecule has 0 unspecified atom stereocenters. The van der Waals surface area contributed by atoms with Gasteiger partial charge in [0.2, 0.25) is 0 Å². The third kappa shape index (κ3) is 6.48. The third-order valence-corrected chi connectivity index (χ3v) is 6.11. The molecule has 2 N–H and O–H groups in total. The molecule has 2 aliphatic heterocycles. The molecule has 0 bridgehead atoms. The first-order valence-electron chi connectivity index (χ1n) is 11.8. The van der Waals surface area contributed by atoms with E-state index < -0.39 is 0 Å². The van der Waals surface area contributed by atoms with Gasteiger partial charge in [-0.25, -0.2) is 0 Å². The van der Waals surface area contributed by atoms with Crippen LogP contribution in [0.3, 0.4) is 0 Å². The maximum atomic E-state index is 4.73. The van der Waals surface area contributed by atoms with Crippen LogP contribution < -0.4 is 10.6 Å². The molecule has 33 heavy (non-hydrogen) atoms. The van der Waals surface area contributed by atoms with Crippen molar-refractivity contribution in [1.29, 1.82) is 0 Å². The van der Waals surface area contributed by atoms with Gasteiger partial charge in [-0.05, 0) is 64.1 Å². The summed E-state index contributed by atoms with van der Waals surface area (Å²) in [6.07, 6.45) is 8.54. The fourth-order valence-corrected chi connectivity index (χ4v) is 4.06. The zero-order chi connectivity index (χ0) is 24.0. The Hall–Kier alpha value is -3.05. The minimum atomic E-state index is 0.341. The summed E-state index contributed by atoms with van der Waals surface area (Å²) in [6, 6.07) is 6.81. The fourth-order valence-electron chi connectivity index (χ4n) is 4.06. The Balaban J connectivity index is 1.77. The van der Waals surface area contributed by atoms with Crippen molar-refractivity contribution in [2.45, 2.75) is 33.7 Å². The molecule has 3 rings (SSSR count). The van der Waals surface area contributed by atoms with Gasteiger partial charge in [-0.1, -0.05) is 37.4 Å². The van der Waals surface area contributed by atoms with E-state index >= 15 is 0 Å². The van der Waals surface area contributed by atoms with Gasteiger partial charge in [-0.15, -0.1) is 0 Å². The Morgan fingerprint density at radius 3 is 2.55 bits per heavy atom. The van der Waals surface area contributed by atoms with E-state index in [1.54, 1.807) is 0 Å². The second-order valence-corrected chi connectivity index (χ2v) is 9.10. The first kappa shape index (κ1) is 24.6. The largest absolute Gasteiger partial charge is 0.383 e. The molecule has 2 heterocycles. The van der Waals surface area contributed by atoms with Crippen LogP contribution in [-0.4, -0.2) is 61.4 Å². The minimum Gasteiger partial charge on any atom is -0.383 e. The van der Waals surface area contributed by atoms with Crippen LogP contribution in [0, 0.1) is 6.92 Å². The predicted molar refractivity (Wildman–Crippen MR) is 142 cm³/mol. The molecule has 0 radical (unpaired) electrons. The van der Waals surface area contributed by atoms with E-state index in [9.17, 15) is 0 Å². The lowest BCUT2D eigenvalue weighted by molar-refractivity contribution is 0.190. The normalized spacial score (nSPS) is 17.6. The number of hydrogen-bond donors (Lipinski definition) is 2. The van der Waals surface area contributed by atoms with Gasteiger partial charge in [0.25, 0.3) is 0 Å². The lowest BCUT2D eigenvalue weighted by atomic mass is 9.98. The molecule has 1 fully saturated rings. The van der Waals surface area contributed by atoms with Gasteiger partial charge in [0.1, 0.15) is 6.67 Å². The third-order valence-electron chi connectivity index (χ3n) is 6.11. The number of rotatable bonds is 8. The maximum Gasteiger partial charge on any atom is 0.108 e. The Kier molecular flexibility index (Phi) is 8.34. The van der Waals surface area contributed by atoms with Crippen molar-refractivity contribution in [1.82, 2.24) is 20.4 Å². The summed E-state index contributed by atoms with van der Waals surface area (Å²) < 4.78 is 0. The van der Waals surface area contributed by atoms with E-state index in [0.717, 1.165) is 65.7 Å². The molecule has 0 amide bonds. The van der Waals surface area contributed by atoms with Crippen molar-refractivity contribution in [3.05, 3.63) is 89.3 Å². The van der Waals surface area contributed by atoms with Crippen LogP contribution in [0.15, 0.2) is 77.6 Å². The molecule has 1 saturated heterocycles. The van der Waals surface area contributed by atoms with Gasteiger partial charge in [0.05, 0.1) is 5.71 Å². The molecule has 1 aromatic carbocycles. The van der Waals surface area contributed by atoms with Crippen molar-refractivity contribution in [3.8, 4) is 0 Å². The SMILES string of the molecule is C=C(NC(C)C)c1cc(C2=NCNC(C(/C=C\C(=C)N3CCN(C)CC3)=C/C)=C2)ccc1C. The molecule has 0 saturated carbocycles. The van der Waals surface area contributed by atoms with Crippen molar-refractivity contribution in [2.75, 3.05) is 39.9 Å². The monoisotopic (exact) mass is 445 g/mol. The van der Waals surface area contributed by atoms with E-state index in [0.29, 0.717) is 12.7 Å². The molecule has 0 spiro atoms. The smallest absolute Gasteiger partial charge is 0.108 e. The Labute approximate surface area is 200 Å². The minimum absolute atomic E-state index is 0.341. The topological polar surface area (TPSA) is 42.9 Å². The van der Waals surface area contributed by atoms with Gasteiger partial charge in [-0.2, -0.15) is 0 Å². The van der Waals surface area contributed by atoms with Gasteiger partial charge >= 0.3 is 0 Å². The van der Waals surface area contributed by atoms with E-state index in [1.807, 2.05) is 0 Å². The Morgan fingerprint density at radius 1 is 1.15 bits per heavy atom. The fraction of sp³-hybridized carbons (Fsp3) is 0.393. The van der Waals surface area contributed by atoms with Gasteiger partial charge in [0.15, 0.2) is 0 Å². The van der Waals surface area contributed by atoms with E-state index in [2.05, 4.69) is 111 Å². The summed E-state index contributed by atoms with van der Waals surface area (Å²) in [5, 5.41) is 6.86. The maximum absolute atomic E-state index is 4.73. The standard InChI is InChI=1S/C28H39N5/c1-8-24(12-10-22(5)33-15-13-32(7)14-16-33)27-18-28(30-19-29-27)25-11-9-21(4)26(17-25)23(6)31-20(2)3/h8-12,17-18,20,29,31H,5-6,13-16,19H2,1-4,7H3/b12-10-,24-8+. The molecule has 1 aromatic rings. The number of allylic oxidation sites excluding steroid dienone is 4. The molecule has 2 aliphatic rings. The lowest BCUT2D eigenvalue weighted by Gasteiger charge is -2.34. The van der Waals surface area contributed by atoms with Crippen molar-refractivity contribution in [2.24, 2.45) is 4.99 Å². The highest BCUT2D eigenvalue weighted by Crippen LogP contribution is 2.21. The summed E-state index contributed by atoms with van der Waals surface area (Å²) in [6.45, 7) is 21.7. The van der Waals surface area contributed by atoms with Crippen LogP contribution in [0.4, 0.5) is 0 Å². The van der Waals surface area contributed by atoms with Crippen molar-refractivity contribution < 1.29 is 0 Å². The van der Waals surface area contributed by atoms with Crippen LogP contribution in [-0.2, 0) is 0 Å². The second-order valence-electron chi connectivity index (χ2n) is 9.10. The van der Waals surface area contributed by atoms with E-state index in [-0.39, 0.29) is 0 Å². The molecule has 0 aliphatic carbocycles. The van der Waals surface area contributed by atoms with Crippen molar-refractivity contribution >= 4 is 11.4 Å². The van der Waals surface area contributed by atoms with Gasteiger partial charge in [0, 0.05) is 60.4 Å². The molecule has 5 nitrogen and oxygen atoms in total. The number of hydrogen-bond acceptors (Lipinski definition) is 5. The molecule has 0 aromatic heterocycles. The van der Waals surface area contributed by atoms with Gasteiger partial charge in [-0.3, -0.25) is 4.99 Å². The highest BCUT2D eigenvalue weighted by Gasteiger charge is 2.15. The zero-order valence-electron chi connectivity index (χ0n) is 20.9. The first-order chi connectivity index (χ1) is 15.8. The summed E-state index contributed by atoms with van der Waals surface area (Å²) in [5.74, 6) is 0. The number of benzene rings is 1. The molecule has 176 valence electrons. The van der Waals surface area contributed by atoms with Crippen LogP contribution in [0.2, 0.25) is 0 Å². The van der Waals surface area contributed by atoms with Crippen LogP contribution in [0.5, 0.6) is 0 Å². The molecular weight excluding hydrogens is 406 g/mol. The van der Waals surface area contributed by atoms with Crippen LogP contribution >= 0.6 is 0 Å². The Bertz CT molecular complexity index is 1000. The second kappa shape index (κ2) is 11.2. The average molecular weight is 446 g/mol. The van der Waals surface area contributed by atoms with Gasteiger partial charge < -0.3 is 20.4 Å². The molecule has 0 atom stereocenters. The number of aryl methyl sites for hydroxylation is 1. The zero-order valence-corrected chi connectivity index (χ0v) is 20.9. The average Bonchev–Trinajstić information content (AvgIpc) is 2.80. The summed E-state index contributed by atoms with van der Waals surface area (Å²) in [7, 11) is 2.17. The van der Waals surface area contributed by atoms with Crippen LogP contribution in [0.1, 0.15) is 37.5 Å². The highest BCUT2D eigenvalue weighted by atomic mass is 15.2. The molecular formula is C28H39N5. The van der Waals surface area contributed by atoms with E-state index in [1.165, 1.54) is 5.56 Å². The number of aliphatic imine (C=N–C) groups is 1. The number of nitrogens with one attached hydrogen (secondary N) is 2. The quantitative estimate of drug-likeness (QED) is 0.580. The summed E-state index contributed by atoms with van der Waals surface area (Å²) in [4.78, 5) is 9.44. The van der Waals surface area contributed by atoms with E-state index in [4.69, 9.17) is 4.99 Å².